The molecule has 150 valence electrons. The first kappa shape index (κ1) is 20.5. The minimum absolute atomic E-state index is 0.211. The Hall–Kier alpha value is -2.22. The number of nitrogens with one attached hydrogen (secondary N) is 2. The van der Waals surface area contributed by atoms with Gasteiger partial charge in [-0.05, 0) is 42.7 Å². The molecule has 3 rings (SSSR count). The number of rotatable bonds is 7. The van der Waals surface area contributed by atoms with Gasteiger partial charge in [-0.25, -0.2) is 8.42 Å². The smallest absolute Gasteiger partial charge is 0.251 e. The maximum absolute atomic E-state index is 12.6. The summed E-state index contributed by atoms with van der Waals surface area (Å²) in [6.07, 6.45) is 1.80. The average molecular weight is 403 g/mol. The predicted molar refractivity (Wildman–Crippen MR) is 109 cm³/mol. The van der Waals surface area contributed by atoms with Gasteiger partial charge in [0.1, 0.15) is 6.54 Å². The third-order valence-corrected chi connectivity index (χ3v) is 6.83. The summed E-state index contributed by atoms with van der Waals surface area (Å²) in [5.41, 5.74) is 2.75. The van der Waals surface area contributed by atoms with Crippen molar-refractivity contribution in [2.75, 3.05) is 27.2 Å². The van der Waals surface area contributed by atoms with Crippen molar-refractivity contribution in [2.45, 2.75) is 30.8 Å². The van der Waals surface area contributed by atoms with Crippen LogP contribution in [-0.2, 0) is 23.1 Å². The highest BCUT2D eigenvalue weighted by Crippen LogP contribution is 2.21. The van der Waals surface area contributed by atoms with E-state index in [4.69, 9.17) is 0 Å². The zero-order valence-corrected chi connectivity index (χ0v) is 17.3. The van der Waals surface area contributed by atoms with Crippen molar-refractivity contribution in [2.24, 2.45) is 0 Å². The first-order chi connectivity index (χ1) is 13.4. The summed E-state index contributed by atoms with van der Waals surface area (Å²) in [5, 5.41) is 2.93. The summed E-state index contributed by atoms with van der Waals surface area (Å²) in [6.45, 7) is 2.46. The molecule has 6 nitrogen and oxygen atoms in total. The number of nitrogens with zero attached hydrogens (tertiary/aromatic N) is 1. The Kier molecular flexibility index (Phi) is 6.49. The summed E-state index contributed by atoms with van der Waals surface area (Å²) < 4.78 is 26.7. The molecule has 0 saturated carbocycles. The van der Waals surface area contributed by atoms with Crippen molar-refractivity contribution in [3.63, 3.8) is 0 Å². The van der Waals surface area contributed by atoms with Crippen molar-refractivity contribution in [1.82, 2.24) is 9.62 Å². The fraction of sp³-hybridized carbons (Fsp3) is 0.381. The molecule has 0 atom stereocenters. The third kappa shape index (κ3) is 4.79. The lowest BCUT2D eigenvalue weighted by Crippen LogP contribution is -3.04. The number of sulfonamides is 1. The van der Waals surface area contributed by atoms with E-state index >= 15 is 0 Å². The Labute approximate surface area is 167 Å². The van der Waals surface area contributed by atoms with Crippen LogP contribution in [0.4, 0.5) is 0 Å². The lowest BCUT2D eigenvalue weighted by atomic mass is 10.1. The van der Waals surface area contributed by atoms with Gasteiger partial charge in [0.05, 0.1) is 19.0 Å². The SMILES string of the molecule is C[NH+](C)Cc1ccccc1CNC(=O)c1ccc(S(=O)(=O)N2CCCC2)cc1. The number of hydrogen-bond acceptors (Lipinski definition) is 3. The second-order valence-corrected chi connectivity index (χ2v) is 9.41. The van der Waals surface area contributed by atoms with E-state index in [1.807, 2.05) is 18.2 Å². The van der Waals surface area contributed by atoms with Crippen molar-refractivity contribution in [3.8, 4) is 0 Å². The van der Waals surface area contributed by atoms with Crippen LogP contribution in [0.15, 0.2) is 53.4 Å². The van der Waals surface area contributed by atoms with Crippen molar-refractivity contribution in [1.29, 1.82) is 0 Å². The topological polar surface area (TPSA) is 70.9 Å². The third-order valence-electron chi connectivity index (χ3n) is 4.92. The first-order valence-electron chi connectivity index (χ1n) is 9.62. The number of quaternary nitrogens is 1. The molecule has 1 aliphatic rings. The molecule has 2 aromatic carbocycles. The van der Waals surface area contributed by atoms with Gasteiger partial charge in [0, 0.05) is 30.8 Å². The van der Waals surface area contributed by atoms with Gasteiger partial charge in [-0.3, -0.25) is 4.79 Å². The second kappa shape index (κ2) is 8.86. The highest BCUT2D eigenvalue weighted by molar-refractivity contribution is 7.89. The standard InChI is InChI=1S/C21H27N3O3S/c1-23(2)16-19-8-4-3-7-18(19)15-22-21(25)17-9-11-20(12-10-17)28(26,27)24-13-5-6-14-24/h3-4,7-12H,5-6,13-16H2,1-2H3,(H,22,25)/p+1. The Morgan fingerprint density at radius 1 is 1.00 bits per heavy atom. The van der Waals surface area contributed by atoms with E-state index in [0.717, 1.165) is 24.9 Å². The number of hydrogen-bond donors (Lipinski definition) is 2. The van der Waals surface area contributed by atoms with Crippen LogP contribution in [0.2, 0.25) is 0 Å². The van der Waals surface area contributed by atoms with Crippen LogP contribution < -0.4 is 10.2 Å². The molecule has 0 spiro atoms. The molecule has 1 saturated heterocycles. The van der Waals surface area contributed by atoms with E-state index < -0.39 is 10.0 Å². The van der Waals surface area contributed by atoms with Gasteiger partial charge in [0.15, 0.2) is 0 Å². The van der Waals surface area contributed by atoms with Crippen molar-refractivity contribution < 1.29 is 18.1 Å². The van der Waals surface area contributed by atoms with Crippen LogP contribution in [0.5, 0.6) is 0 Å². The fourth-order valence-electron chi connectivity index (χ4n) is 3.42. The highest BCUT2D eigenvalue weighted by Gasteiger charge is 2.27. The zero-order chi connectivity index (χ0) is 20.1. The summed E-state index contributed by atoms with van der Waals surface area (Å²) in [4.78, 5) is 14.0. The van der Waals surface area contributed by atoms with Gasteiger partial charge in [-0.15, -0.1) is 0 Å². The average Bonchev–Trinajstić information content (AvgIpc) is 3.22. The van der Waals surface area contributed by atoms with Gasteiger partial charge in [0.25, 0.3) is 5.91 Å². The van der Waals surface area contributed by atoms with E-state index in [2.05, 4.69) is 25.5 Å². The van der Waals surface area contributed by atoms with Gasteiger partial charge in [0.2, 0.25) is 10.0 Å². The molecule has 2 aromatic rings. The van der Waals surface area contributed by atoms with Crippen molar-refractivity contribution >= 4 is 15.9 Å². The van der Waals surface area contributed by atoms with Crippen LogP contribution in [0.25, 0.3) is 0 Å². The van der Waals surface area contributed by atoms with Crippen LogP contribution in [0.1, 0.15) is 34.3 Å². The van der Waals surface area contributed by atoms with E-state index in [1.165, 1.54) is 26.9 Å². The highest BCUT2D eigenvalue weighted by atomic mass is 32.2. The van der Waals surface area contributed by atoms with E-state index in [-0.39, 0.29) is 10.8 Å². The van der Waals surface area contributed by atoms with Crippen LogP contribution in [0, 0.1) is 0 Å². The molecular weight excluding hydrogens is 374 g/mol. The molecular formula is C21H28N3O3S+. The number of carbonyl (C=O) groups excluding carboxylic acids is 1. The molecule has 1 heterocycles. The van der Waals surface area contributed by atoms with Crippen LogP contribution >= 0.6 is 0 Å². The maximum atomic E-state index is 12.6. The molecule has 1 fully saturated rings. The Morgan fingerprint density at radius 3 is 2.21 bits per heavy atom. The number of carbonyl (C=O) groups is 1. The normalized spacial score (nSPS) is 15.1. The molecule has 1 aliphatic heterocycles. The summed E-state index contributed by atoms with van der Waals surface area (Å²) in [6, 6.07) is 14.3. The first-order valence-corrected chi connectivity index (χ1v) is 11.1. The molecule has 1 amide bonds. The molecule has 7 heteroatoms. The summed E-state index contributed by atoms with van der Waals surface area (Å²) in [7, 11) is 0.726. The monoisotopic (exact) mass is 402 g/mol. The summed E-state index contributed by atoms with van der Waals surface area (Å²) in [5.74, 6) is -0.211. The Bertz CT molecular complexity index is 918. The number of benzene rings is 2. The largest absolute Gasteiger partial charge is 0.348 e. The minimum Gasteiger partial charge on any atom is -0.348 e. The zero-order valence-electron chi connectivity index (χ0n) is 16.4. The molecule has 0 bridgehead atoms. The van der Waals surface area contributed by atoms with Crippen molar-refractivity contribution in [3.05, 3.63) is 65.2 Å². The van der Waals surface area contributed by atoms with Gasteiger partial charge < -0.3 is 10.2 Å². The molecule has 0 aliphatic carbocycles. The lowest BCUT2D eigenvalue weighted by Gasteiger charge is -2.15. The van der Waals surface area contributed by atoms with Gasteiger partial charge in [-0.1, -0.05) is 24.3 Å². The van der Waals surface area contributed by atoms with Gasteiger partial charge >= 0.3 is 0 Å². The fourth-order valence-corrected chi connectivity index (χ4v) is 4.93. The Balaban J connectivity index is 1.66. The molecule has 2 N–H and O–H groups in total. The summed E-state index contributed by atoms with van der Waals surface area (Å²) >= 11 is 0. The molecule has 0 aromatic heterocycles. The van der Waals surface area contributed by atoms with E-state index in [0.29, 0.717) is 25.2 Å². The van der Waals surface area contributed by atoms with Crippen LogP contribution in [0.3, 0.4) is 0 Å². The maximum Gasteiger partial charge on any atom is 0.251 e. The second-order valence-electron chi connectivity index (χ2n) is 7.47. The van der Waals surface area contributed by atoms with E-state index in [1.54, 1.807) is 12.1 Å². The molecule has 0 radical (unpaired) electrons. The van der Waals surface area contributed by atoms with E-state index in [9.17, 15) is 13.2 Å². The number of amides is 1. The molecule has 28 heavy (non-hydrogen) atoms. The minimum atomic E-state index is -3.45. The van der Waals surface area contributed by atoms with Crippen LogP contribution in [-0.4, -0.2) is 45.8 Å². The predicted octanol–water partition coefficient (Wildman–Crippen LogP) is 1.05. The molecule has 0 unspecified atom stereocenters. The Morgan fingerprint density at radius 2 is 1.61 bits per heavy atom. The van der Waals surface area contributed by atoms with Gasteiger partial charge in [-0.2, -0.15) is 4.31 Å². The lowest BCUT2D eigenvalue weighted by molar-refractivity contribution is -0.872. The quantitative estimate of drug-likeness (QED) is 0.727.